The molecule has 20 heavy (non-hydrogen) atoms. The second-order valence-electron chi connectivity index (χ2n) is 5.99. The normalized spacial score (nSPS) is 24.2. The lowest BCUT2D eigenvalue weighted by Crippen LogP contribution is -2.47. The predicted octanol–water partition coefficient (Wildman–Crippen LogP) is 2.82. The summed E-state index contributed by atoms with van der Waals surface area (Å²) in [5.41, 5.74) is 1.42. The van der Waals surface area contributed by atoms with Gasteiger partial charge in [-0.25, -0.2) is 0 Å². The van der Waals surface area contributed by atoms with Gasteiger partial charge in [-0.1, -0.05) is 30.3 Å². The van der Waals surface area contributed by atoms with E-state index in [1.54, 1.807) is 0 Å². The second-order valence-corrected chi connectivity index (χ2v) is 5.99. The molecule has 108 valence electrons. The SMILES string of the molecule is c1ccc(CN2CCCC(NC3=NCCCC3)C2)cc1. The lowest BCUT2D eigenvalue weighted by atomic mass is 10.0. The van der Waals surface area contributed by atoms with Crippen LogP contribution in [0.2, 0.25) is 0 Å². The first-order valence-electron chi connectivity index (χ1n) is 7.96. The summed E-state index contributed by atoms with van der Waals surface area (Å²) in [5.74, 6) is 1.25. The Labute approximate surface area is 122 Å². The Hall–Kier alpha value is -1.35. The quantitative estimate of drug-likeness (QED) is 0.915. The van der Waals surface area contributed by atoms with E-state index in [0.29, 0.717) is 6.04 Å². The van der Waals surface area contributed by atoms with Crippen LogP contribution in [0.25, 0.3) is 0 Å². The van der Waals surface area contributed by atoms with Crippen LogP contribution in [0.3, 0.4) is 0 Å². The van der Waals surface area contributed by atoms with Gasteiger partial charge in [0.05, 0.1) is 5.84 Å². The molecule has 2 heterocycles. The van der Waals surface area contributed by atoms with Gasteiger partial charge in [-0.15, -0.1) is 0 Å². The van der Waals surface area contributed by atoms with Gasteiger partial charge in [-0.05, 0) is 37.8 Å². The summed E-state index contributed by atoms with van der Waals surface area (Å²) in [6, 6.07) is 11.4. The summed E-state index contributed by atoms with van der Waals surface area (Å²) in [4.78, 5) is 7.19. The molecule has 0 amide bonds. The van der Waals surface area contributed by atoms with E-state index in [9.17, 15) is 0 Å². The molecule has 2 aliphatic rings. The maximum Gasteiger partial charge on any atom is 0.0965 e. The smallest absolute Gasteiger partial charge is 0.0965 e. The van der Waals surface area contributed by atoms with Crippen LogP contribution >= 0.6 is 0 Å². The number of aliphatic imine (C=N–C) groups is 1. The first-order valence-corrected chi connectivity index (χ1v) is 7.96. The minimum Gasteiger partial charge on any atom is -0.370 e. The molecular formula is C17H25N3. The highest BCUT2D eigenvalue weighted by Gasteiger charge is 2.21. The second kappa shape index (κ2) is 6.89. The third-order valence-corrected chi connectivity index (χ3v) is 4.25. The van der Waals surface area contributed by atoms with Gasteiger partial charge in [0.1, 0.15) is 0 Å². The first-order chi connectivity index (χ1) is 9.90. The molecule has 0 aliphatic carbocycles. The Morgan fingerprint density at radius 1 is 1.15 bits per heavy atom. The van der Waals surface area contributed by atoms with Crippen molar-refractivity contribution >= 4 is 5.84 Å². The molecule has 0 bridgehead atoms. The minimum atomic E-state index is 0.587. The largest absolute Gasteiger partial charge is 0.370 e. The molecule has 2 aliphatic heterocycles. The molecule has 0 saturated carbocycles. The highest BCUT2D eigenvalue weighted by molar-refractivity contribution is 5.82. The highest BCUT2D eigenvalue weighted by Crippen LogP contribution is 2.15. The Morgan fingerprint density at radius 3 is 2.85 bits per heavy atom. The van der Waals surface area contributed by atoms with Gasteiger partial charge in [0.2, 0.25) is 0 Å². The molecule has 3 rings (SSSR count). The molecule has 1 atom stereocenters. The molecule has 0 radical (unpaired) electrons. The molecule has 1 aromatic carbocycles. The van der Waals surface area contributed by atoms with Crippen LogP contribution in [0.4, 0.5) is 0 Å². The van der Waals surface area contributed by atoms with Crippen molar-refractivity contribution in [2.24, 2.45) is 4.99 Å². The van der Waals surface area contributed by atoms with Crippen LogP contribution in [-0.4, -0.2) is 36.4 Å². The zero-order valence-electron chi connectivity index (χ0n) is 12.2. The lowest BCUT2D eigenvalue weighted by Gasteiger charge is -2.34. The van der Waals surface area contributed by atoms with Crippen molar-refractivity contribution < 1.29 is 0 Å². The number of nitrogens with one attached hydrogen (secondary N) is 1. The lowest BCUT2D eigenvalue weighted by molar-refractivity contribution is 0.193. The fraction of sp³-hybridized carbons (Fsp3) is 0.588. The third-order valence-electron chi connectivity index (χ3n) is 4.25. The van der Waals surface area contributed by atoms with Gasteiger partial charge in [0, 0.05) is 32.1 Å². The number of hydrogen-bond acceptors (Lipinski definition) is 3. The molecule has 1 N–H and O–H groups in total. The van der Waals surface area contributed by atoms with Crippen molar-refractivity contribution in [1.82, 2.24) is 10.2 Å². The molecule has 1 aromatic rings. The van der Waals surface area contributed by atoms with Crippen molar-refractivity contribution in [1.29, 1.82) is 0 Å². The predicted molar refractivity (Wildman–Crippen MR) is 84.0 cm³/mol. The van der Waals surface area contributed by atoms with Crippen molar-refractivity contribution in [3.63, 3.8) is 0 Å². The highest BCUT2D eigenvalue weighted by atomic mass is 15.2. The molecule has 1 unspecified atom stereocenters. The van der Waals surface area contributed by atoms with Gasteiger partial charge < -0.3 is 5.32 Å². The van der Waals surface area contributed by atoms with E-state index >= 15 is 0 Å². The molecule has 1 fully saturated rings. The number of amidine groups is 1. The topological polar surface area (TPSA) is 27.6 Å². The summed E-state index contributed by atoms with van der Waals surface area (Å²) < 4.78 is 0. The van der Waals surface area contributed by atoms with Crippen LogP contribution in [-0.2, 0) is 6.54 Å². The fourth-order valence-corrected chi connectivity index (χ4v) is 3.21. The van der Waals surface area contributed by atoms with Crippen LogP contribution < -0.4 is 5.32 Å². The van der Waals surface area contributed by atoms with Gasteiger partial charge in [0.15, 0.2) is 0 Å². The number of nitrogens with zero attached hydrogens (tertiary/aromatic N) is 2. The Bertz CT molecular complexity index is 441. The number of benzene rings is 1. The summed E-state index contributed by atoms with van der Waals surface area (Å²) >= 11 is 0. The minimum absolute atomic E-state index is 0.587. The molecule has 1 saturated heterocycles. The van der Waals surface area contributed by atoms with Crippen LogP contribution in [0.5, 0.6) is 0 Å². The van der Waals surface area contributed by atoms with E-state index in [4.69, 9.17) is 0 Å². The standard InChI is InChI=1S/C17H25N3/c1-2-7-15(8-3-1)13-20-12-6-9-16(14-20)19-17-10-4-5-11-18-17/h1-3,7-8,16H,4-6,9-14H2,(H,18,19). The van der Waals surface area contributed by atoms with E-state index in [1.807, 2.05) is 0 Å². The molecule has 0 spiro atoms. The van der Waals surface area contributed by atoms with E-state index in [0.717, 1.165) is 26.1 Å². The zero-order valence-corrected chi connectivity index (χ0v) is 12.2. The molecule has 3 nitrogen and oxygen atoms in total. The van der Waals surface area contributed by atoms with Gasteiger partial charge >= 0.3 is 0 Å². The molecule has 0 aromatic heterocycles. The fourth-order valence-electron chi connectivity index (χ4n) is 3.21. The van der Waals surface area contributed by atoms with Crippen molar-refractivity contribution in [3.05, 3.63) is 35.9 Å². The van der Waals surface area contributed by atoms with Crippen molar-refractivity contribution in [3.8, 4) is 0 Å². The summed E-state index contributed by atoms with van der Waals surface area (Å²) in [7, 11) is 0. The van der Waals surface area contributed by atoms with Crippen LogP contribution in [0, 0.1) is 0 Å². The van der Waals surface area contributed by atoms with E-state index in [2.05, 4.69) is 45.5 Å². The van der Waals surface area contributed by atoms with Crippen LogP contribution in [0.1, 0.15) is 37.7 Å². The van der Waals surface area contributed by atoms with Gasteiger partial charge in [-0.2, -0.15) is 0 Å². The summed E-state index contributed by atoms with van der Waals surface area (Å²) in [6.45, 7) is 4.46. The van der Waals surface area contributed by atoms with E-state index in [1.165, 1.54) is 43.6 Å². The zero-order chi connectivity index (χ0) is 13.6. The number of rotatable bonds is 3. The van der Waals surface area contributed by atoms with Gasteiger partial charge in [-0.3, -0.25) is 9.89 Å². The van der Waals surface area contributed by atoms with E-state index < -0.39 is 0 Å². The Balaban J connectivity index is 1.52. The maximum absolute atomic E-state index is 4.62. The number of hydrogen-bond donors (Lipinski definition) is 1. The molecule has 3 heteroatoms. The van der Waals surface area contributed by atoms with E-state index in [-0.39, 0.29) is 0 Å². The van der Waals surface area contributed by atoms with Crippen LogP contribution in [0.15, 0.2) is 35.3 Å². The van der Waals surface area contributed by atoms with Gasteiger partial charge in [0.25, 0.3) is 0 Å². The Kier molecular flexibility index (Phi) is 4.69. The Morgan fingerprint density at radius 2 is 2.05 bits per heavy atom. The summed E-state index contributed by atoms with van der Waals surface area (Å²) in [6.07, 6.45) is 6.28. The average Bonchev–Trinajstić information content (AvgIpc) is 2.50. The summed E-state index contributed by atoms with van der Waals surface area (Å²) in [5, 5.41) is 3.68. The number of likely N-dealkylation sites (tertiary alicyclic amines) is 1. The third kappa shape index (κ3) is 3.83. The molecular weight excluding hydrogens is 246 g/mol. The van der Waals surface area contributed by atoms with Crippen molar-refractivity contribution in [2.45, 2.75) is 44.7 Å². The first kappa shape index (κ1) is 13.6. The van der Waals surface area contributed by atoms with Crippen molar-refractivity contribution in [2.75, 3.05) is 19.6 Å². The average molecular weight is 271 g/mol. The number of piperidine rings is 1. The maximum atomic E-state index is 4.62. The monoisotopic (exact) mass is 271 g/mol.